The number of pyridine rings is 2. The number of nitrogens with one attached hydrogen (secondary N) is 2. The van der Waals surface area contributed by atoms with Crippen molar-refractivity contribution in [3.63, 3.8) is 0 Å². The first-order chi connectivity index (χ1) is 24.6. The van der Waals surface area contributed by atoms with Crippen LogP contribution in [0.2, 0.25) is 0 Å². The second kappa shape index (κ2) is 14.6. The maximum Gasteiger partial charge on any atom is 0.416 e. The number of rotatable bonds is 8. The Hall–Kier alpha value is -4.90. The van der Waals surface area contributed by atoms with Crippen LogP contribution in [0.5, 0.6) is 11.5 Å². The third kappa shape index (κ3) is 8.41. The van der Waals surface area contributed by atoms with Crippen molar-refractivity contribution in [2.24, 2.45) is 0 Å². The van der Waals surface area contributed by atoms with Crippen molar-refractivity contribution in [1.82, 2.24) is 34.6 Å². The number of ether oxygens (including phenoxy) is 1. The van der Waals surface area contributed by atoms with E-state index in [4.69, 9.17) is 4.74 Å². The monoisotopic (exact) mass is 732 g/mol. The molecule has 2 aliphatic heterocycles. The molecule has 11 nitrogen and oxygen atoms in total. The van der Waals surface area contributed by atoms with Gasteiger partial charge in [-0.05, 0) is 47.9 Å². The zero-order valence-corrected chi connectivity index (χ0v) is 28.7. The first-order valence-electron chi connectivity index (χ1n) is 16.7. The molecule has 6 rings (SSSR count). The predicted octanol–water partition coefficient (Wildman–Crippen LogP) is 6.69. The molecular weight excluding hydrogens is 694 g/mol. The van der Waals surface area contributed by atoms with Crippen molar-refractivity contribution in [2.45, 2.75) is 44.7 Å². The summed E-state index contributed by atoms with van der Waals surface area (Å²) in [5.41, 5.74) is 1.33. The summed E-state index contributed by atoms with van der Waals surface area (Å²) in [6.07, 6.45) is -5.28. The largest absolute Gasteiger partial charge is 0.455 e. The van der Waals surface area contributed by atoms with E-state index in [-0.39, 0.29) is 62.3 Å². The zero-order valence-electron chi connectivity index (χ0n) is 28.7. The summed E-state index contributed by atoms with van der Waals surface area (Å²) in [5.74, 6) is 0.460. The Morgan fingerprint density at radius 3 is 2.40 bits per heavy atom. The molecule has 1 fully saturated rings. The normalized spacial score (nSPS) is 17.2. The van der Waals surface area contributed by atoms with Gasteiger partial charge in [-0.1, -0.05) is 13.0 Å². The van der Waals surface area contributed by atoms with Gasteiger partial charge in [0.05, 0.1) is 29.4 Å². The first kappa shape index (κ1) is 36.9. The highest BCUT2D eigenvalue weighted by Crippen LogP contribution is 2.37. The van der Waals surface area contributed by atoms with E-state index in [1.54, 1.807) is 49.6 Å². The zero-order chi connectivity index (χ0) is 37.4. The number of carbonyl (C=O) groups excluding carboxylic acids is 2. The summed E-state index contributed by atoms with van der Waals surface area (Å²) >= 11 is 0. The van der Waals surface area contributed by atoms with E-state index in [9.17, 15) is 35.9 Å². The smallest absolute Gasteiger partial charge is 0.416 e. The Balaban J connectivity index is 1.15. The minimum Gasteiger partial charge on any atom is -0.455 e. The number of nitrogens with zero attached hydrogens (tertiary/aromatic N) is 6. The Bertz CT molecular complexity index is 1940. The number of hydrogen-bond acceptors (Lipinski definition) is 7. The third-order valence-corrected chi connectivity index (χ3v) is 9.23. The van der Waals surface area contributed by atoms with E-state index in [0.717, 1.165) is 17.3 Å². The lowest BCUT2D eigenvalue weighted by atomic mass is 9.92. The van der Waals surface area contributed by atoms with Gasteiger partial charge in [-0.15, -0.1) is 0 Å². The highest BCUT2D eigenvalue weighted by molar-refractivity contribution is 5.98. The number of amides is 3. The molecule has 0 radical (unpaired) electrons. The molecule has 1 atom stereocenters. The molecule has 0 saturated carbocycles. The predicted molar refractivity (Wildman–Crippen MR) is 180 cm³/mol. The molecule has 5 heterocycles. The number of alkyl halides is 6. The maximum atomic E-state index is 14.2. The van der Waals surface area contributed by atoms with Gasteiger partial charge in [0.1, 0.15) is 22.8 Å². The number of piperazine rings is 1. The number of anilines is 1. The molecule has 0 bridgehead atoms. The van der Waals surface area contributed by atoms with Crippen LogP contribution in [-0.4, -0.2) is 106 Å². The summed E-state index contributed by atoms with van der Waals surface area (Å²) in [7, 11) is 3.28. The van der Waals surface area contributed by atoms with Crippen molar-refractivity contribution < 1.29 is 40.7 Å². The van der Waals surface area contributed by atoms with Gasteiger partial charge in [-0.2, -0.15) is 26.3 Å². The molecule has 3 aromatic heterocycles. The Kier molecular flexibility index (Phi) is 10.4. The number of carbonyl (C=O) groups is 2. The molecule has 0 aliphatic carbocycles. The standard InChI is InChI=1S/C35H38F6N8O3/c1-4-21-18-49(19-23-13-25(16-43-30(21)23)52-29-7-8-42-31-26(29)15-28(45-31)32(50)46(2)3)33(51)44-24-6-5-22(27(14-24)35(39,40)41)17-47-9-11-48(12-10-47)20-34(36,37)38/h5-8,13-16,21H,4,9-12,17-20H2,1-3H3,(H,42,45)(H,44,51)/t21-/m0/s1. The SMILES string of the molecule is CC[C@H]1CN(C(=O)Nc2ccc(CN3CCN(CC(F)(F)F)CC3)c(C(F)(F)F)c2)Cc2cc(Oc3ccnc4[nH]c(C(=O)N(C)C)cc34)cnc21. The van der Waals surface area contributed by atoms with E-state index in [1.165, 1.54) is 26.8 Å². The van der Waals surface area contributed by atoms with Gasteiger partial charge in [-0.3, -0.25) is 19.6 Å². The van der Waals surface area contributed by atoms with Gasteiger partial charge in [0.2, 0.25) is 0 Å². The highest BCUT2D eigenvalue weighted by Gasteiger charge is 2.36. The van der Waals surface area contributed by atoms with Crippen molar-refractivity contribution in [3.8, 4) is 11.5 Å². The highest BCUT2D eigenvalue weighted by atomic mass is 19.4. The maximum absolute atomic E-state index is 14.2. The van der Waals surface area contributed by atoms with Crippen LogP contribution in [0.1, 0.15) is 52.1 Å². The number of aromatic nitrogens is 3. The van der Waals surface area contributed by atoms with Crippen molar-refractivity contribution in [1.29, 1.82) is 0 Å². The lowest BCUT2D eigenvalue weighted by molar-refractivity contribution is -0.149. The first-order valence-corrected chi connectivity index (χ1v) is 16.7. The summed E-state index contributed by atoms with van der Waals surface area (Å²) in [4.78, 5) is 43.8. The Morgan fingerprint density at radius 1 is 1.00 bits per heavy atom. The van der Waals surface area contributed by atoms with Crippen LogP contribution >= 0.6 is 0 Å². The molecule has 2 N–H and O–H groups in total. The van der Waals surface area contributed by atoms with Crippen molar-refractivity contribution in [3.05, 3.63) is 76.9 Å². The number of halogens is 6. The fourth-order valence-electron chi connectivity index (χ4n) is 6.58. The van der Waals surface area contributed by atoms with Crippen LogP contribution in [0.3, 0.4) is 0 Å². The number of aromatic amines is 1. The van der Waals surface area contributed by atoms with Crippen molar-refractivity contribution in [2.75, 3.05) is 58.7 Å². The van der Waals surface area contributed by atoms with Gasteiger partial charge in [0, 0.05) is 77.7 Å². The molecule has 0 unspecified atom stereocenters. The molecule has 52 heavy (non-hydrogen) atoms. The molecule has 1 saturated heterocycles. The molecule has 2 aliphatic rings. The van der Waals surface area contributed by atoms with Gasteiger partial charge in [0.15, 0.2) is 0 Å². The second-order valence-electron chi connectivity index (χ2n) is 13.2. The van der Waals surface area contributed by atoms with E-state index in [2.05, 4.69) is 20.3 Å². The van der Waals surface area contributed by atoms with Crippen LogP contribution in [0.15, 0.2) is 48.8 Å². The minimum atomic E-state index is -4.72. The molecule has 4 aromatic rings. The number of urea groups is 1. The molecule has 17 heteroatoms. The van der Waals surface area contributed by atoms with Gasteiger partial charge in [-0.25, -0.2) is 9.78 Å². The molecule has 278 valence electrons. The van der Waals surface area contributed by atoms with Gasteiger partial charge in [0.25, 0.3) is 5.91 Å². The lowest BCUT2D eigenvalue weighted by Gasteiger charge is -2.35. The fourth-order valence-corrected chi connectivity index (χ4v) is 6.58. The molecule has 3 amide bonds. The molecular formula is C35H38F6N8O3. The van der Waals surface area contributed by atoms with E-state index in [1.807, 2.05) is 6.92 Å². The lowest BCUT2D eigenvalue weighted by Crippen LogP contribution is -2.48. The van der Waals surface area contributed by atoms with Gasteiger partial charge < -0.3 is 24.8 Å². The number of H-pyrrole nitrogens is 1. The second-order valence-corrected chi connectivity index (χ2v) is 13.2. The van der Waals surface area contributed by atoms with E-state index in [0.29, 0.717) is 41.2 Å². The van der Waals surface area contributed by atoms with Crippen LogP contribution in [0.25, 0.3) is 11.0 Å². The fraction of sp³-hybridized carbons (Fsp3) is 0.429. The minimum absolute atomic E-state index is 0.0297. The number of fused-ring (bicyclic) bond motifs is 2. The Morgan fingerprint density at radius 2 is 1.73 bits per heavy atom. The van der Waals surface area contributed by atoms with Crippen LogP contribution in [0, 0.1) is 0 Å². The van der Waals surface area contributed by atoms with Crippen molar-refractivity contribution >= 4 is 28.7 Å². The quantitative estimate of drug-likeness (QED) is 0.194. The average molecular weight is 733 g/mol. The Labute approximate surface area is 295 Å². The number of hydrogen-bond donors (Lipinski definition) is 2. The summed E-state index contributed by atoms with van der Waals surface area (Å²) < 4.78 is 87.1. The van der Waals surface area contributed by atoms with Gasteiger partial charge >= 0.3 is 18.4 Å². The molecule has 1 aromatic carbocycles. The van der Waals surface area contributed by atoms with E-state index >= 15 is 0 Å². The van der Waals surface area contributed by atoms with E-state index < -0.39 is 30.5 Å². The summed E-state index contributed by atoms with van der Waals surface area (Å²) in [6.45, 7) is 1.81. The topological polar surface area (TPSA) is 110 Å². The average Bonchev–Trinajstić information content (AvgIpc) is 3.53. The van der Waals surface area contributed by atoms with Crippen LogP contribution in [-0.2, 0) is 19.3 Å². The summed E-state index contributed by atoms with van der Waals surface area (Å²) in [5, 5.41) is 3.21. The summed E-state index contributed by atoms with van der Waals surface area (Å²) in [6, 6.07) is 8.10. The number of benzene rings is 1. The van der Waals surface area contributed by atoms with Crippen LogP contribution in [0.4, 0.5) is 36.8 Å². The third-order valence-electron chi connectivity index (χ3n) is 9.23. The van der Waals surface area contributed by atoms with Crippen LogP contribution < -0.4 is 10.1 Å². The molecule has 0 spiro atoms.